The molecule has 0 saturated carbocycles. The largest absolute Gasteiger partial charge is 0.492 e. The average Bonchev–Trinajstić information content (AvgIpc) is 3.31. The van der Waals surface area contributed by atoms with Crippen molar-refractivity contribution in [1.29, 1.82) is 5.26 Å². The predicted octanol–water partition coefficient (Wildman–Crippen LogP) is -0.00810. The lowest BCUT2D eigenvalue weighted by Crippen LogP contribution is -2.55. The lowest BCUT2D eigenvalue weighted by Gasteiger charge is -2.30. The van der Waals surface area contributed by atoms with E-state index in [9.17, 15) is 33.6 Å². The number of nitrogens with zero attached hydrogens (tertiary/aromatic N) is 2. The number of carbonyl (C=O) groups excluding carboxylic acids is 7. The Morgan fingerprint density at radius 1 is 0.806 bits per heavy atom. The Morgan fingerprint density at radius 2 is 1.42 bits per heavy atom. The van der Waals surface area contributed by atoms with Crippen LogP contribution >= 0.6 is 0 Å². The van der Waals surface area contributed by atoms with Gasteiger partial charge in [-0.05, 0) is 85.8 Å². The van der Waals surface area contributed by atoms with Crippen LogP contribution in [0.4, 0.5) is 0 Å². The van der Waals surface area contributed by atoms with E-state index in [0.717, 1.165) is 41.8 Å². The van der Waals surface area contributed by atoms with E-state index in [2.05, 4.69) is 38.8 Å². The Morgan fingerprint density at radius 3 is 2.03 bits per heavy atom. The summed E-state index contributed by atoms with van der Waals surface area (Å²) in [7, 11) is 1.35. The van der Waals surface area contributed by atoms with Crippen molar-refractivity contribution in [1.82, 2.24) is 36.8 Å². The van der Waals surface area contributed by atoms with Crippen molar-refractivity contribution in [3.05, 3.63) is 82.4 Å². The summed E-state index contributed by atoms with van der Waals surface area (Å²) in [6.45, 7) is 6.82. The fourth-order valence-corrected chi connectivity index (χ4v) is 6.85. The topological polar surface area (TPSA) is 315 Å². The number of nitrogens with one attached hydrogen (secondary N) is 6. The van der Waals surface area contributed by atoms with Crippen molar-refractivity contribution in [2.45, 2.75) is 71.5 Å². The van der Waals surface area contributed by atoms with Gasteiger partial charge in [-0.25, -0.2) is 0 Å². The summed E-state index contributed by atoms with van der Waals surface area (Å²) in [5.74, 6) is -3.90. The second-order valence-corrected chi connectivity index (χ2v) is 15.5. The van der Waals surface area contributed by atoms with Gasteiger partial charge in [0, 0.05) is 43.2 Å². The second-order valence-electron chi connectivity index (χ2n) is 15.5. The molecular formula is C47H65N11O9. The third-order valence-corrected chi connectivity index (χ3v) is 10.2. The molecule has 1 aliphatic heterocycles. The van der Waals surface area contributed by atoms with Gasteiger partial charge in [0.1, 0.15) is 49.4 Å². The van der Waals surface area contributed by atoms with Crippen LogP contribution in [0.25, 0.3) is 11.1 Å². The molecule has 67 heavy (non-hydrogen) atoms. The van der Waals surface area contributed by atoms with Gasteiger partial charge >= 0.3 is 0 Å². The highest BCUT2D eigenvalue weighted by Crippen LogP contribution is 2.40. The minimum absolute atomic E-state index is 0.00767. The minimum Gasteiger partial charge on any atom is -0.492 e. The van der Waals surface area contributed by atoms with E-state index in [0.29, 0.717) is 39.3 Å². The molecule has 12 N–H and O–H groups in total. The van der Waals surface area contributed by atoms with E-state index in [1.807, 2.05) is 32.0 Å². The van der Waals surface area contributed by atoms with Crippen LogP contribution in [0, 0.1) is 18.3 Å². The van der Waals surface area contributed by atoms with E-state index in [-0.39, 0.29) is 39.3 Å². The molecule has 0 fully saturated rings. The highest BCUT2D eigenvalue weighted by atomic mass is 16.5. The minimum atomic E-state index is -1.39. The first-order chi connectivity index (χ1) is 32.1. The number of aryl methyl sites for hydroxylation is 2. The van der Waals surface area contributed by atoms with Crippen molar-refractivity contribution >= 4 is 41.4 Å². The molecule has 3 aromatic carbocycles. The first-order valence-corrected chi connectivity index (χ1v) is 22.2. The summed E-state index contributed by atoms with van der Waals surface area (Å²) in [5, 5.41) is 24.3. The molecule has 2 unspecified atom stereocenters. The number of likely N-dealkylation sites (N-methyl/N-ethyl adjacent to an activating group) is 1. The summed E-state index contributed by atoms with van der Waals surface area (Å²) >= 11 is 0. The highest BCUT2D eigenvalue weighted by molar-refractivity contribution is 5.98. The highest BCUT2D eigenvalue weighted by Gasteiger charge is 2.33. The number of amides is 7. The number of rotatable bonds is 19. The van der Waals surface area contributed by atoms with Crippen molar-refractivity contribution in [2.24, 2.45) is 17.2 Å². The Hall–Kier alpha value is -7.08. The van der Waals surface area contributed by atoms with Gasteiger partial charge in [0.15, 0.2) is 0 Å². The van der Waals surface area contributed by atoms with Gasteiger partial charge < -0.3 is 63.5 Å². The molecule has 0 spiro atoms. The van der Waals surface area contributed by atoms with Crippen LogP contribution in [0.15, 0.2) is 54.6 Å². The maximum Gasteiger partial charge on any atom is 0.251 e. The monoisotopic (exact) mass is 927 g/mol. The SMILES string of the molecule is CCCCc1ccc(C(=O)NCC(=O)NCC(=O)NCC(=O)N(C)C2C(=O)N[C@@H](C)C(=O)NC(C(=O)NCC#N)Cc3ccc(OCCN)c(c3)-c3cc2ccc3OCCN)c(C)c1.CCN. The van der Waals surface area contributed by atoms with Gasteiger partial charge in [-0.3, -0.25) is 33.6 Å². The fraction of sp³-hybridized carbons (Fsp3) is 0.447. The Balaban J connectivity index is 0.00000386. The van der Waals surface area contributed by atoms with Gasteiger partial charge in [0.25, 0.3) is 5.91 Å². The van der Waals surface area contributed by atoms with Crippen LogP contribution in [0.3, 0.4) is 0 Å². The first kappa shape index (κ1) is 54.3. The molecule has 0 saturated heterocycles. The Labute approximate surface area is 391 Å². The lowest BCUT2D eigenvalue weighted by atomic mass is 9.93. The van der Waals surface area contributed by atoms with E-state index in [4.69, 9.17) is 31.9 Å². The molecule has 0 aromatic heterocycles. The molecule has 7 amide bonds. The lowest BCUT2D eigenvalue weighted by molar-refractivity contribution is -0.140. The van der Waals surface area contributed by atoms with E-state index >= 15 is 0 Å². The van der Waals surface area contributed by atoms with Crippen molar-refractivity contribution < 1.29 is 43.0 Å². The summed E-state index contributed by atoms with van der Waals surface area (Å²) in [5.41, 5.74) is 20.5. The molecule has 4 rings (SSSR count). The van der Waals surface area contributed by atoms with Gasteiger partial charge in [-0.1, -0.05) is 44.5 Å². The molecule has 4 bridgehead atoms. The second kappa shape index (κ2) is 28.1. The van der Waals surface area contributed by atoms with Gasteiger partial charge in [-0.15, -0.1) is 0 Å². The summed E-state index contributed by atoms with van der Waals surface area (Å²) < 4.78 is 12.0. The molecule has 3 atom stereocenters. The van der Waals surface area contributed by atoms with Crippen LogP contribution < -0.4 is 58.6 Å². The van der Waals surface area contributed by atoms with Crippen LogP contribution in [0.2, 0.25) is 0 Å². The Kier molecular flexibility index (Phi) is 22.7. The van der Waals surface area contributed by atoms with Gasteiger partial charge in [0.05, 0.1) is 25.7 Å². The number of hydrogen-bond acceptors (Lipinski definition) is 13. The quantitative estimate of drug-likeness (QED) is 0.0716. The number of benzene rings is 3. The summed E-state index contributed by atoms with van der Waals surface area (Å²) in [4.78, 5) is 94.0. The van der Waals surface area contributed by atoms with Crippen molar-refractivity contribution in [3.8, 4) is 28.7 Å². The zero-order chi connectivity index (χ0) is 49.5. The normalized spacial score (nSPS) is 15.4. The number of nitriles is 1. The zero-order valence-corrected chi connectivity index (χ0v) is 38.9. The number of carbonyl (C=O) groups is 7. The van der Waals surface area contributed by atoms with Crippen molar-refractivity contribution in [2.75, 3.05) is 66.1 Å². The molecule has 362 valence electrons. The van der Waals surface area contributed by atoms with E-state index in [1.54, 1.807) is 42.5 Å². The van der Waals surface area contributed by atoms with Crippen LogP contribution in [-0.2, 0) is 41.6 Å². The molecule has 0 radical (unpaired) electrons. The fourth-order valence-electron chi connectivity index (χ4n) is 6.85. The molecule has 20 nitrogen and oxygen atoms in total. The third kappa shape index (κ3) is 16.7. The smallest absolute Gasteiger partial charge is 0.251 e. The zero-order valence-electron chi connectivity index (χ0n) is 38.9. The maximum atomic E-state index is 14.2. The van der Waals surface area contributed by atoms with Crippen molar-refractivity contribution in [3.63, 3.8) is 0 Å². The van der Waals surface area contributed by atoms with Crippen LogP contribution in [0.5, 0.6) is 11.5 Å². The predicted molar refractivity (Wildman–Crippen MR) is 251 cm³/mol. The van der Waals surface area contributed by atoms with Crippen LogP contribution in [-0.4, -0.2) is 124 Å². The number of fused-ring (bicyclic) bond motifs is 5. The molecule has 20 heteroatoms. The van der Waals surface area contributed by atoms with Crippen LogP contribution in [0.1, 0.15) is 72.3 Å². The number of nitrogens with two attached hydrogens (primary N) is 3. The first-order valence-electron chi connectivity index (χ1n) is 22.2. The van der Waals surface area contributed by atoms with Gasteiger partial charge in [-0.2, -0.15) is 5.26 Å². The summed E-state index contributed by atoms with van der Waals surface area (Å²) in [6, 6.07) is 13.6. The van der Waals surface area contributed by atoms with E-state index in [1.165, 1.54) is 14.0 Å². The molecule has 1 aliphatic rings. The molecule has 0 aliphatic carbocycles. The van der Waals surface area contributed by atoms with Gasteiger partial charge in [0.2, 0.25) is 35.4 Å². The average molecular weight is 928 g/mol. The maximum absolute atomic E-state index is 14.2. The number of unbranched alkanes of at least 4 members (excludes halogenated alkanes) is 1. The third-order valence-electron chi connectivity index (χ3n) is 10.2. The standard InChI is InChI=1S/C45H58N10O9.C2H7N/c1-5-6-7-29-8-11-32(27(2)20-29)43(60)52-25-39(57)50-24-38(56)51-26-40(58)55(4)41-31-10-13-37(64-19-16-48)34(23-31)33-21-30(9-12-36(33)63-18-15-47)22-35(44(61)49-17-14-46)54-42(59)28(3)53-45(41)62;1-2-3/h8-13,20-21,23,28,35,41H,5-7,15-19,22,24-26,47-48H2,1-4H3,(H,49,61)(H,50,57)(H,51,56)(H,52,60)(H,53,62)(H,54,59);2-3H2,1H3/t28-,35?,41?;/m0./s1. The Bertz CT molecular complexity index is 2250. The number of ether oxygens (including phenoxy) is 2. The summed E-state index contributed by atoms with van der Waals surface area (Å²) in [6.07, 6.45) is 2.98. The molecule has 3 aromatic rings. The molecule has 1 heterocycles. The van der Waals surface area contributed by atoms with E-state index < -0.39 is 79.1 Å². The number of hydrogen-bond donors (Lipinski definition) is 9. The molecular weight excluding hydrogens is 863 g/mol.